The molecule has 0 radical (unpaired) electrons. The van der Waals surface area contributed by atoms with Gasteiger partial charge in [-0.15, -0.1) is 0 Å². The molecule has 0 heterocycles. The molecule has 0 aromatic heterocycles. The van der Waals surface area contributed by atoms with E-state index in [2.05, 4.69) is 4.74 Å². The van der Waals surface area contributed by atoms with Crippen molar-refractivity contribution in [1.82, 2.24) is 0 Å². The van der Waals surface area contributed by atoms with E-state index in [4.69, 9.17) is 5.73 Å². The molecular formula is C10H10F5NO. The Labute approximate surface area is 94.2 Å². The van der Waals surface area contributed by atoms with Crippen LogP contribution in [0.25, 0.3) is 0 Å². The lowest BCUT2D eigenvalue weighted by molar-refractivity contribution is -0.138. The van der Waals surface area contributed by atoms with Gasteiger partial charge < -0.3 is 10.5 Å². The van der Waals surface area contributed by atoms with Crippen LogP contribution in [0.15, 0.2) is 12.1 Å². The molecular weight excluding hydrogens is 245 g/mol. The van der Waals surface area contributed by atoms with Crippen molar-refractivity contribution >= 4 is 0 Å². The molecule has 0 saturated heterocycles. The maximum Gasteiger partial charge on any atom is 0.390 e. The molecule has 0 fully saturated rings. The van der Waals surface area contributed by atoms with E-state index in [9.17, 15) is 22.0 Å². The molecule has 1 aromatic rings. The summed E-state index contributed by atoms with van der Waals surface area (Å²) >= 11 is 0. The highest BCUT2D eigenvalue weighted by molar-refractivity contribution is 5.32. The van der Waals surface area contributed by atoms with Crippen molar-refractivity contribution in [2.45, 2.75) is 18.6 Å². The zero-order valence-corrected chi connectivity index (χ0v) is 8.81. The number of rotatable bonds is 3. The minimum atomic E-state index is -4.59. The van der Waals surface area contributed by atoms with Gasteiger partial charge in [0.15, 0.2) is 0 Å². The second kappa shape index (κ2) is 4.87. The van der Waals surface area contributed by atoms with Gasteiger partial charge in [0.25, 0.3) is 0 Å². The van der Waals surface area contributed by atoms with Crippen molar-refractivity contribution < 1.29 is 26.7 Å². The van der Waals surface area contributed by atoms with Gasteiger partial charge in [0, 0.05) is 23.7 Å². The second-order valence-electron chi connectivity index (χ2n) is 3.43. The van der Waals surface area contributed by atoms with Gasteiger partial charge in [-0.05, 0) is 0 Å². The minimum absolute atomic E-state index is 0.122. The van der Waals surface area contributed by atoms with Gasteiger partial charge >= 0.3 is 6.18 Å². The van der Waals surface area contributed by atoms with Gasteiger partial charge in [0.05, 0.1) is 13.5 Å². The zero-order chi connectivity index (χ0) is 13.2. The fraction of sp³-hybridized carbons (Fsp3) is 0.400. The third-order valence-electron chi connectivity index (χ3n) is 2.11. The molecule has 17 heavy (non-hydrogen) atoms. The molecule has 0 aliphatic carbocycles. The second-order valence-corrected chi connectivity index (χ2v) is 3.43. The number of methoxy groups -OCH3 is 1. The lowest BCUT2D eigenvalue weighted by atomic mass is 10.0. The standard InChI is InChI=1S/C10H10F5NO/c1-17-5-2-6(11)9(7(12)3-5)8(16)4-10(13,14)15/h2-3,8H,4,16H2,1H3. The Kier molecular flexibility index (Phi) is 3.92. The van der Waals surface area contributed by atoms with Crippen LogP contribution in [0.2, 0.25) is 0 Å². The highest BCUT2D eigenvalue weighted by Gasteiger charge is 2.33. The van der Waals surface area contributed by atoms with Gasteiger partial charge in [-0.2, -0.15) is 13.2 Å². The summed E-state index contributed by atoms with van der Waals surface area (Å²) in [4.78, 5) is 0. The summed E-state index contributed by atoms with van der Waals surface area (Å²) in [6.07, 6.45) is -6.08. The Bertz CT molecular complexity index is 381. The molecule has 0 bridgehead atoms. The average molecular weight is 255 g/mol. The van der Waals surface area contributed by atoms with E-state index in [1.807, 2.05) is 0 Å². The van der Waals surface area contributed by atoms with Crippen molar-refractivity contribution in [3.63, 3.8) is 0 Å². The van der Waals surface area contributed by atoms with Gasteiger partial charge in [0.1, 0.15) is 17.4 Å². The van der Waals surface area contributed by atoms with Crippen LogP contribution in [0.3, 0.4) is 0 Å². The molecule has 1 aromatic carbocycles. The normalized spacial score (nSPS) is 13.6. The molecule has 7 heteroatoms. The summed E-state index contributed by atoms with van der Waals surface area (Å²) in [6.45, 7) is 0. The predicted octanol–water partition coefficient (Wildman–Crippen LogP) is 2.93. The molecule has 1 unspecified atom stereocenters. The largest absolute Gasteiger partial charge is 0.497 e. The van der Waals surface area contributed by atoms with Gasteiger partial charge in [0.2, 0.25) is 0 Å². The fourth-order valence-corrected chi connectivity index (χ4v) is 1.38. The number of alkyl halides is 3. The quantitative estimate of drug-likeness (QED) is 0.843. The molecule has 2 nitrogen and oxygen atoms in total. The van der Waals surface area contributed by atoms with E-state index in [0.29, 0.717) is 0 Å². The first-order valence-corrected chi connectivity index (χ1v) is 4.60. The number of halogens is 5. The van der Waals surface area contributed by atoms with Crippen molar-refractivity contribution in [3.05, 3.63) is 29.3 Å². The molecule has 1 atom stereocenters. The van der Waals surface area contributed by atoms with E-state index in [1.165, 1.54) is 7.11 Å². The van der Waals surface area contributed by atoms with E-state index in [1.54, 1.807) is 0 Å². The maximum atomic E-state index is 13.4. The van der Waals surface area contributed by atoms with Crippen LogP contribution in [-0.4, -0.2) is 13.3 Å². The van der Waals surface area contributed by atoms with Crippen molar-refractivity contribution in [2.24, 2.45) is 5.73 Å². The summed E-state index contributed by atoms with van der Waals surface area (Å²) in [5.74, 6) is -2.43. The van der Waals surface area contributed by atoms with Crippen LogP contribution in [-0.2, 0) is 0 Å². The van der Waals surface area contributed by atoms with Crippen molar-refractivity contribution in [3.8, 4) is 5.75 Å². The summed E-state index contributed by atoms with van der Waals surface area (Å²) in [7, 11) is 1.18. The third-order valence-corrected chi connectivity index (χ3v) is 2.11. The molecule has 1 rings (SSSR count). The van der Waals surface area contributed by atoms with Crippen molar-refractivity contribution in [1.29, 1.82) is 0 Å². The molecule has 0 aliphatic rings. The Morgan fingerprint density at radius 3 is 2.06 bits per heavy atom. The summed E-state index contributed by atoms with van der Waals surface area (Å²) in [6, 6.07) is -0.204. The Balaban J connectivity index is 3.06. The Morgan fingerprint density at radius 2 is 1.71 bits per heavy atom. The summed E-state index contributed by atoms with van der Waals surface area (Å²) in [5, 5.41) is 0. The maximum absolute atomic E-state index is 13.4. The third kappa shape index (κ3) is 3.55. The van der Waals surface area contributed by atoms with Crippen molar-refractivity contribution in [2.75, 3.05) is 7.11 Å². The van der Waals surface area contributed by atoms with Crippen LogP contribution in [0, 0.1) is 11.6 Å². The monoisotopic (exact) mass is 255 g/mol. The average Bonchev–Trinajstić information content (AvgIpc) is 2.13. The number of hydrogen-bond acceptors (Lipinski definition) is 2. The Hall–Kier alpha value is -1.37. The number of hydrogen-bond donors (Lipinski definition) is 1. The minimum Gasteiger partial charge on any atom is -0.497 e. The van der Waals surface area contributed by atoms with Gasteiger partial charge in [-0.25, -0.2) is 8.78 Å². The molecule has 0 aliphatic heterocycles. The van der Waals surface area contributed by atoms with Crippen LogP contribution in [0.1, 0.15) is 18.0 Å². The Morgan fingerprint density at radius 1 is 1.24 bits per heavy atom. The van der Waals surface area contributed by atoms with E-state index in [0.717, 1.165) is 12.1 Å². The first kappa shape index (κ1) is 13.7. The van der Waals surface area contributed by atoms with Crippen LogP contribution in [0.4, 0.5) is 22.0 Å². The topological polar surface area (TPSA) is 35.2 Å². The number of nitrogens with two attached hydrogens (primary N) is 1. The van der Waals surface area contributed by atoms with Crippen LogP contribution < -0.4 is 10.5 Å². The predicted molar refractivity (Wildman–Crippen MR) is 50.5 cm³/mol. The zero-order valence-electron chi connectivity index (χ0n) is 8.81. The molecule has 2 N–H and O–H groups in total. The molecule has 0 amide bonds. The van der Waals surface area contributed by atoms with Crippen LogP contribution >= 0.6 is 0 Å². The summed E-state index contributed by atoms with van der Waals surface area (Å²) < 4.78 is 67.4. The van der Waals surface area contributed by atoms with E-state index in [-0.39, 0.29) is 5.75 Å². The fourth-order valence-electron chi connectivity index (χ4n) is 1.38. The molecule has 0 saturated carbocycles. The van der Waals surface area contributed by atoms with Crippen LogP contribution in [0.5, 0.6) is 5.75 Å². The number of ether oxygens (including phenoxy) is 1. The first-order chi connectivity index (χ1) is 7.74. The smallest absolute Gasteiger partial charge is 0.390 e. The highest BCUT2D eigenvalue weighted by atomic mass is 19.4. The number of benzene rings is 1. The lowest BCUT2D eigenvalue weighted by Gasteiger charge is -2.16. The highest BCUT2D eigenvalue weighted by Crippen LogP contribution is 2.32. The van der Waals surface area contributed by atoms with Gasteiger partial charge in [-0.1, -0.05) is 0 Å². The van der Waals surface area contributed by atoms with E-state index >= 15 is 0 Å². The summed E-state index contributed by atoms with van der Waals surface area (Å²) in [5.41, 5.74) is 4.34. The van der Waals surface area contributed by atoms with Gasteiger partial charge in [-0.3, -0.25) is 0 Å². The first-order valence-electron chi connectivity index (χ1n) is 4.60. The molecule has 96 valence electrons. The van der Waals surface area contributed by atoms with E-state index < -0.39 is 35.8 Å². The SMILES string of the molecule is COc1cc(F)c(C(N)CC(F)(F)F)c(F)c1. The molecule has 0 spiro atoms. The lowest BCUT2D eigenvalue weighted by Crippen LogP contribution is -2.22.